The van der Waals surface area contributed by atoms with Gasteiger partial charge in [-0.3, -0.25) is 0 Å². The number of nitrogens with one attached hydrogen (secondary N) is 1. The molecule has 18 heavy (non-hydrogen) atoms. The Hall–Kier alpha value is -0.930. The minimum atomic E-state index is 0.629. The Morgan fingerprint density at radius 2 is 2.28 bits per heavy atom. The number of rotatable bonds is 3. The van der Waals surface area contributed by atoms with Gasteiger partial charge in [-0.15, -0.1) is 11.3 Å². The highest BCUT2D eigenvalue weighted by Crippen LogP contribution is 2.26. The van der Waals surface area contributed by atoms with Crippen LogP contribution < -0.4 is 5.32 Å². The second-order valence-corrected chi connectivity index (χ2v) is 6.34. The first kappa shape index (κ1) is 12.1. The van der Waals surface area contributed by atoms with Crippen molar-refractivity contribution < 1.29 is 0 Å². The molecule has 2 nitrogen and oxygen atoms in total. The van der Waals surface area contributed by atoms with Crippen LogP contribution in [0.4, 0.5) is 0 Å². The zero-order valence-electron chi connectivity index (χ0n) is 10.9. The molecule has 1 aromatic heterocycles. The van der Waals surface area contributed by atoms with E-state index in [2.05, 4.69) is 36.5 Å². The molecule has 2 heterocycles. The van der Waals surface area contributed by atoms with E-state index >= 15 is 0 Å². The number of piperidine rings is 1. The van der Waals surface area contributed by atoms with Crippen molar-refractivity contribution in [3.05, 3.63) is 29.3 Å². The molecule has 0 spiro atoms. The maximum atomic E-state index is 4.74. The maximum absolute atomic E-state index is 4.74. The van der Waals surface area contributed by atoms with Gasteiger partial charge in [0.05, 0.1) is 15.2 Å². The Bertz CT molecular complexity index is 487. The van der Waals surface area contributed by atoms with Crippen LogP contribution in [0.25, 0.3) is 10.2 Å². The molecule has 2 aromatic rings. The predicted octanol–water partition coefficient (Wildman–Crippen LogP) is 3.62. The van der Waals surface area contributed by atoms with Crippen LogP contribution in [0, 0.1) is 5.92 Å². The molecule has 1 aliphatic heterocycles. The molecule has 2 unspecified atom stereocenters. The third kappa shape index (κ3) is 2.57. The lowest BCUT2D eigenvalue weighted by atomic mass is 9.89. The number of benzene rings is 1. The zero-order chi connectivity index (χ0) is 12.4. The lowest BCUT2D eigenvalue weighted by molar-refractivity contribution is 0.294. The number of hydrogen-bond acceptors (Lipinski definition) is 3. The van der Waals surface area contributed by atoms with Gasteiger partial charge in [-0.05, 0) is 37.4 Å². The van der Waals surface area contributed by atoms with Gasteiger partial charge >= 0.3 is 0 Å². The molecule has 3 rings (SSSR count). The van der Waals surface area contributed by atoms with Crippen LogP contribution in [0.15, 0.2) is 24.3 Å². The molecule has 96 valence electrons. The number of fused-ring (bicyclic) bond motifs is 1. The highest BCUT2D eigenvalue weighted by atomic mass is 32.1. The summed E-state index contributed by atoms with van der Waals surface area (Å²) in [5, 5.41) is 4.93. The molecular weight excluding hydrogens is 240 g/mol. The molecule has 2 atom stereocenters. The van der Waals surface area contributed by atoms with Crippen LogP contribution in [-0.2, 0) is 6.42 Å². The number of thiazole rings is 1. The summed E-state index contributed by atoms with van der Waals surface area (Å²) >= 11 is 1.85. The molecular formula is C15H20N2S. The van der Waals surface area contributed by atoms with Gasteiger partial charge in [-0.25, -0.2) is 4.98 Å². The summed E-state index contributed by atoms with van der Waals surface area (Å²) in [6.07, 6.45) is 5.06. The fourth-order valence-electron chi connectivity index (χ4n) is 2.84. The topological polar surface area (TPSA) is 24.9 Å². The lowest BCUT2D eigenvalue weighted by Crippen LogP contribution is -2.39. The molecule has 0 saturated carbocycles. The van der Waals surface area contributed by atoms with Crippen LogP contribution in [0.3, 0.4) is 0 Å². The van der Waals surface area contributed by atoms with Gasteiger partial charge in [0.15, 0.2) is 0 Å². The predicted molar refractivity (Wildman–Crippen MR) is 78.1 cm³/mol. The quantitative estimate of drug-likeness (QED) is 0.911. The molecule has 1 fully saturated rings. The summed E-state index contributed by atoms with van der Waals surface area (Å²) in [6.45, 7) is 3.48. The Balaban J connectivity index is 1.71. The first-order valence-corrected chi connectivity index (χ1v) is 7.74. The van der Waals surface area contributed by atoms with Crippen LogP contribution in [-0.4, -0.2) is 17.6 Å². The fraction of sp³-hybridized carbons (Fsp3) is 0.533. The summed E-state index contributed by atoms with van der Waals surface area (Å²) in [5.41, 5.74) is 1.15. The summed E-state index contributed by atoms with van der Waals surface area (Å²) in [7, 11) is 0. The van der Waals surface area contributed by atoms with Gasteiger partial charge < -0.3 is 5.32 Å². The SMILES string of the molecule is CCC1CCNC(Cc2nc3ccccc3s2)C1. The van der Waals surface area contributed by atoms with E-state index in [9.17, 15) is 0 Å². The molecule has 1 aliphatic rings. The molecule has 0 aliphatic carbocycles. The van der Waals surface area contributed by atoms with E-state index in [0.29, 0.717) is 6.04 Å². The first-order chi connectivity index (χ1) is 8.85. The van der Waals surface area contributed by atoms with Crippen LogP contribution >= 0.6 is 11.3 Å². The zero-order valence-corrected chi connectivity index (χ0v) is 11.7. The average Bonchev–Trinajstić information content (AvgIpc) is 2.81. The van der Waals surface area contributed by atoms with Crippen molar-refractivity contribution in [2.45, 2.75) is 38.6 Å². The lowest BCUT2D eigenvalue weighted by Gasteiger charge is -2.29. The molecule has 0 radical (unpaired) electrons. The van der Waals surface area contributed by atoms with Crippen molar-refractivity contribution >= 4 is 21.6 Å². The largest absolute Gasteiger partial charge is 0.314 e. The Labute approximate surface area is 112 Å². The van der Waals surface area contributed by atoms with E-state index < -0.39 is 0 Å². The number of hydrogen-bond donors (Lipinski definition) is 1. The van der Waals surface area contributed by atoms with Gasteiger partial charge in [0, 0.05) is 12.5 Å². The number of aromatic nitrogens is 1. The Morgan fingerprint density at radius 3 is 3.11 bits per heavy atom. The summed E-state index contributed by atoms with van der Waals surface area (Å²) in [4.78, 5) is 4.74. The van der Waals surface area contributed by atoms with E-state index in [0.717, 1.165) is 17.9 Å². The fourth-order valence-corrected chi connectivity index (χ4v) is 3.89. The smallest absolute Gasteiger partial charge is 0.0954 e. The summed E-state index contributed by atoms with van der Waals surface area (Å²) < 4.78 is 1.32. The third-order valence-corrected chi connectivity index (χ3v) is 5.00. The van der Waals surface area contributed by atoms with Gasteiger partial charge in [0.1, 0.15) is 0 Å². The van der Waals surface area contributed by atoms with E-state index in [1.165, 1.54) is 35.5 Å². The molecule has 1 saturated heterocycles. The third-order valence-electron chi connectivity index (χ3n) is 3.94. The van der Waals surface area contributed by atoms with Crippen molar-refractivity contribution in [1.29, 1.82) is 0 Å². The van der Waals surface area contributed by atoms with Crippen molar-refractivity contribution in [1.82, 2.24) is 10.3 Å². The highest BCUT2D eigenvalue weighted by Gasteiger charge is 2.21. The minimum Gasteiger partial charge on any atom is -0.314 e. The van der Waals surface area contributed by atoms with Crippen molar-refractivity contribution in [2.75, 3.05) is 6.54 Å². The molecule has 1 N–H and O–H groups in total. The van der Waals surface area contributed by atoms with Crippen LogP contribution in [0.1, 0.15) is 31.2 Å². The summed E-state index contributed by atoms with van der Waals surface area (Å²) in [6, 6.07) is 9.07. The van der Waals surface area contributed by atoms with Crippen LogP contribution in [0.2, 0.25) is 0 Å². The van der Waals surface area contributed by atoms with Crippen molar-refractivity contribution in [2.24, 2.45) is 5.92 Å². The van der Waals surface area contributed by atoms with Crippen molar-refractivity contribution in [3.8, 4) is 0 Å². The first-order valence-electron chi connectivity index (χ1n) is 6.93. The van der Waals surface area contributed by atoms with Gasteiger partial charge in [0.2, 0.25) is 0 Å². The van der Waals surface area contributed by atoms with E-state index in [1.54, 1.807) is 0 Å². The molecule has 1 aromatic carbocycles. The van der Waals surface area contributed by atoms with Gasteiger partial charge in [0.25, 0.3) is 0 Å². The second kappa shape index (κ2) is 5.37. The van der Waals surface area contributed by atoms with Gasteiger partial charge in [-0.2, -0.15) is 0 Å². The maximum Gasteiger partial charge on any atom is 0.0954 e. The van der Waals surface area contributed by atoms with Crippen LogP contribution in [0.5, 0.6) is 0 Å². The van der Waals surface area contributed by atoms with E-state index in [4.69, 9.17) is 4.98 Å². The molecule has 0 amide bonds. The van der Waals surface area contributed by atoms with Gasteiger partial charge in [-0.1, -0.05) is 25.5 Å². The van der Waals surface area contributed by atoms with Crippen molar-refractivity contribution in [3.63, 3.8) is 0 Å². The highest BCUT2D eigenvalue weighted by molar-refractivity contribution is 7.18. The molecule has 3 heteroatoms. The van der Waals surface area contributed by atoms with E-state index in [1.807, 2.05) is 11.3 Å². The monoisotopic (exact) mass is 260 g/mol. The number of nitrogens with zero attached hydrogens (tertiary/aromatic N) is 1. The minimum absolute atomic E-state index is 0.629. The average molecular weight is 260 g/mol. The molecule has 0 bridgehead atoms. The standard InChI is InChI=1S/C15H20N2S/c1-2-11-7-8-16-12(9-11)10-15-17-13-5-3-4-6-14(13)18-15/h3-6,11-12,16H,2,7-10H2,1H3. The second-order valence-electron chi connectivity index (χ2n) is 5.23. The Morgan fingerprint density at radius 1 is 1.39 bits per heavy atom. The van der Waals surface area contributed by atoms with E-state index in [-0.39, 0.29) is 0 Å². The normalized spacial score (nSPS) is 24.5. The number of para-hydroxylation sites is 1. The summed E-state index contributed by atoms with van der Waals surface area (Å²) in [5.74, 6) is 0.908. The Kier molecular flexibility index (Phi) is 3.62.